The van der Waals surface area contributed by atoms with Gasteiger partial charge in [0.25, 0.3) is 0 Å². The van der Waals surface area contributed by atoms with Gasteiger partial charge in [-0.05, 0) is 111 Å². The molecule has 5 nitrogen and oxygen atoms in total. The van der Waals surface area contributed by atoms with Gasteiger partial charge in [0.15, 0.2) is 0 Å². The molecule has 0 unspecified atom stereocenters. The Kier molecular flexibility index (Phi) is 35.0. The lowest BCUT2D eigenvalue weighted by atomic mass is 9.80. The Balaban J connectivity index is 2.51. The molecule has 0 aromatic heterocycles. The molecule has 320 valence electrons. The molecule has 1 N–H and O–H groups in total. The van der Waals surface area contributed by atoms with Crippen molar-refractivity contribution < 1.29 is 9.59 Å². The zero-order chi connectivity index (χ0) is 39.9. The van der Waals surface area contributed by atoms with E-state index in [-0.39, 0.29) is 11.8 Å². The maximum Gasteiger partial charge on any atom is 0.245 e. The van der Waals surface area contributed by atoms with Crippen LogP contribution in [-0.4, -0.2) is 60.9 Å². The number of carbonyl (C=O) groups excluding carboxylic acids is 2. The molecular formula is C50H93N3O2. The van der Waals surface area contributed by atoms with Gasteiger partial charge >= 0.3 is 0 Å². The maximum atomic E-state index is 14.3. The molecular weight excluding hydrogens is 675 g/mol. The molecule has 0 heterocycles. The fourth-order valence-electron chi connectivity index (χ4n) is 8.19. The molecule has 0 spiro atoms. The average molecular weight is 768 g/mol. The first-order valence-electron chi connectivity index (χ1n) is 24.2. The zero-order valence-electron chi connectivity index (χ0n) is 37.3. The normalized spacial score (nSPS) is 15.0. The van der Waals surface area contributed by atoms with E-state index in [1.54, 1.807) is 0 Å². The van der Waals surface area contributed by atoms with Gasteiger partial charge in [-0.2, -0.15) is 0 Å². The second kappa shape index (κ2) is 37.7. The molecule has 1 aliphatic carbocycles. The van der Waals surface area contributed by atoms with Gasteiger partial charge in [-0.3, -0.25) is 9.59 Å². The predicted octanol–water partition coefficient (Wildman–Crippen LogP) is 14.2. The molecule has 1 saturated carbocycles. The fourth-order valence-corrected chi connectivity index (χ4v) is 8.19. The Bertz CT molecular complexity index is 962. The van der Waals surface area contributed by atoms with Crippen LogP contribution in [0.4, 0.5) is 0 Å². The van der Waals surface area contributed by atoms with Crippen LogP contribution < -0.4 is 5.32 Å². The monoisotopic (exact) mass is 768 g/mol. The molecule has 55 heavy (non-hydrogen) atoms. The summed E-state index contributed by atoms with van der Waals surface area (Å²) in [6, 6.07) is 0. The van der Waals surface area contributed by atoms with Crippen molar-refractivity contribution in [1.82, 2.24) is 15.1 Å². The van der Waals surface area contributed by atoms with Crippen LogP contribution in [0.25, 0.3) is 0 Å². The van der Waals surface area contributed by atoms with Crippen LogP contribution in [0, 0.1) is 0 Å². The minimum Gasteiger partial charge on any atom is -0.354 e. The van der Waals surface area contributed by atoms with Gasteiger partial charge in [-0.25, -0.2) is 0 Å². The Morgan fingerprint density at radius 3 is 1.49 bits per heavy atom. The third-order valence-electron chi connectivity index (χ3n) is 11.7. The first-order chi connectivity index (χ1) is 27.0. The van der Waals surface area contributed by atoms with Crippen molar-refractivity contribution >= 4 is 11.8 Å². The molecule has 5 heteroatoms. The summed E-state index contributed by atoms with van der Waals surface area (Å²) >= 11 is 0. The molecule has 0 aromatic carbocycles. The number of unbranched alkanes of at least 4 members (excludes halogenated alkanes) is 20. The van der Waals surface area contributed by atoms with Crippen LogP contribution in [0.3, 0.4) is 0 Å². The van der Waals surface area contributed by atoms with Crippen LogP contribution in [0.1, 0.15) is 232 Å². The number of allylic oxidation sites excluding steroid dienone is 6. The SMILES string of the molecule is CCCCC/C=C\C/C=C\CCCCCCCC(=O)N(CCCN(C)C)C1(C(=O)NCCCCCCCC/C=C\CCCCCCCC)CCCCCCC1. The van der Waals surface area contributed by atoms with E-state index in [0.717, 1.165) is 90.1 Å². The second-order valence-electron chi connectivity index (χ2n) is 17.2. The van der Waals surface area contributed by atoms with Crippen LogP contribution in [0.15, 0.2) is 36.5 Å². The zero-order valence-corrected chi connectivity index (χ0v) is 37.3. The summed E-state index contributed by atoms with van der Waals surface area (Å²) in [5.41, 5.74) is -0.691. The number of rotatable bonds is 36. The molecule has 1 fully saturated rings. The van der Waals surface area contributed by atoms with E-state index in [1.165, 1.54) is 135 Å². The number of hydrogen-bond donors (Lipinski definition) is 1. The second-order valence-corrected chi connectivity index (χ2v) is 17.2. The van der Waals surface area contributed by atoms with Gasteiger partial charge in [-0.1, -0.05) is 172 Å². The first kappa shape index (κ1) is 51.1. The van der Waals surface area contributed by atoms with Crippen molar-refractivity contribution in [2.45, 2.75) is 238 Å². The number of nitrogens with zero attached hydrogens (tertiary/aromatic N) is 2. The van der Waals surface area contributed by atoms with Crippen molar-refractivity contribution in [2.75, 3.05) is 33.7 Å². The summed E-state index contributed by atoms with van der Waals surface area (Å²) in [5, 5.41) is 3.39. The minimum atomic E-state index is -0.691. The summed E-state index contributed by atoms with van der Waals surface area (Å²) in [7, 11) is 4.20. The summed E-state index contributed by atoms with van der Waals surface area (Å²) < 4.78 is 0. The lowest BCUT2D eigenvalue weighted by Gasteiger charge is -2.44. The van der Waals surface area contributed by atoms with Crippen LogP contribution in [0.5, 0.6) is 0 Å². The van der Waals surface area contributed by atoms with E-state index in [9.17, 15) is 9.59 Å². The van der Waals surface area contributed by atoms with Crippen molar-refractivity contribution in [2.24, 2.45) is 0 Å². The quantitative estimate of drug-likeness (QED) is 0.0510. The van der Waals surface area contributed by atoms with Gasteiger partial charge in [-0.15, -0.1) is 0 Å². The summed E-state index contributed by atoms with van der Waals surface area (Å²) in [6.07, 6.45) is 53.8. The first-order valence-corrected chi connectivity index (χ1v) is 24.2. The van der Waals surface area contributed by atoms with Crippen LogP contribution in [0.2, 0.25) is 0 Å². The van der Waals surface area contributed by atoms with E-state index in [1.807, 2.05) is 0 Å². The molecule has 1 rings (SSSR count). The lowest BCUT2D eigenvalue weighted by Crippen LogP contribution is -2.61. The minimum absolute atomic E-state index is 0.125. The highest BCUT2D eigenvalue weighted by molar-refractivity contribution is 5.91. The highest BCUT2D eigenvalue weighted by Gasteiger charge is 2.45. The van der Waals surface area contributed by atoms with Crippen LogP contribution >= 0.6 is 0 Å². The topological polar surface area (TPSA) is 52.7 Å². The van der Waals surface area contributed by atoms with Crippen molar-refractivity contribution in [3.05, 3.63) is 36.5 Å². The number of carbonyl (C=O) groups is 2. The lowest BCUT2D eigenvalue weighted by molar-refractivity contribution is -0.150. The number of nitrogens with one attached hydrogen (secondary N) is 1. The van der Waals surface area contributed by atoms with Crippen molar-refractivity contribution in [3.63, 3.8) is 0 Å². The molecule has 0 bridgehead atoms. The summed E-state index contributed by atoms with van der Waals surface area (Å²) in [4.78, 5) is 32.7. The van der Waals surface area contributed by atoms with Gasteiger partial charge in [0.1, 0.15) is 5.54 Å². The summed E-state index contributed by atoms with van der Waals surface area (Å²) in [5.74, 6) is 0.331. The van der Waals surface area contributed by atoms with Gasteiger partial charge in [0, 0.05) is 19.5 Å². The molecule has 2 amide bonds. The highest BCUT2D eigenvalue weighted by Crippen LogP contribution is 2.34. The fraction of sp³-hybridized carbons (Fsp3) is 0.840. The van der Waals surface area contributed by atoms with E-state index in [4.69, 9.17) is 0 Å². The molecule has 1 aliphatic rings. The predicted molar refractivity (Wildman–Crippen MR) is 242 cm³/mol. The molecule has 0 aromatic rings. The smallest absolute Gasteiger partial charge is 0.245 e. The Morgan fingerprint density at radius 1 is 0.509 bits per heavy atom. The molecule has 0 aliphatic heterocycles. The molecule has 0 atom stereocenters. The average Bonchev–Trinajstić information content (AvgIpc) is 3.16. The third-order valence-corrected chi connectivity index (χ3v) is 11.7. The number of hydrogen-bond acceptors (Lipinski definition) is 3. The number of amides is 2. The van der Waals surface area contributed by atoms with Crippen molar-refractivity contribution in [3.8, 4) is 0 Å². The van der Waals surface area contributed by atoms with Gasteiger partial charge in [0.2, 0.25) is 11.8 Å². The van der Waals surface area contributed by atoms with Gasteiger partial charge < -0.3 is 15.1 Å². The Hall–Kier alpha value is -1.88. The Morgan fingerprint density at radius 2 is 0.945 bits per heavy atom. The van der Waals surface area contributed by atoms with E-state index in [0.29, 0.717) is 13.0 Å². The highest BCUT2D eigenvalue weighted by atomic mass is 16.2. The van der Waals surface area contributed by atoms with E-state index in [2.05, 4.69) is 79.5 Å². The van der Waals surface area contributed by atoms with Crippen molar-refractivity contribution in [1.29, 1.82) is 0 Å². The van der Waals surface area contributed by atoms with E-state index >= 15 is 0 Å². The van der Waals surface area contributed by atoms with Crippen LogP contribution in [-0.2, 0) is 9.59 Å². The summed E-state index contributed by atoms with van der Waals surface area (Å²) in [6.45, 7) is 6.88. The van der Waals surface area contributed by atoms with Gasteiger partial charge in [0.05, 0.1) is 0 Å². The molecule has 0 saturated heterocycles. The maximum absolute atomic E-state index is 14.3. The standard InChI is InChI=1S/C50H93N3O2/c1-5-7-9-11-13-15-17-19-21-23-25-27-29-31-36-40-45-51-49(55)50(43-38-34-32-35-39-44-50)53(47-41-46-52(3)4)48(54)42-37-33-30-28-26-24-22-20-18-16-14-12-10-8-6-2/h14,16,19-22H,5-13,15,17-18,23-47H2,1-4H3,(H,51,55)/b16-14-,21-19-,22-20-. The molecule has 0 radical (unpaired) electrons. The Labute approximate surface area is 343 Å². The third kappa shape index (κ3) is 28.2. The largest absolute Gasteiger partial charge is 0.354 e. The van der Waals surface area contributed by atoms with E-state index < -0.39 is 5.54 Å².